The van der Waals surface area contributed by atoms with E-state index in [0.29, 0.717) is 28.7 Å². The van der Waals surface area contributed by atoms with Crippen LogP contribution in [0.5, 0.6) is 0 Å². The van der Waals surface area contributed by atoms with E-state index in [1.54, 1.807) is 0 Å². The molecule has 4 N–H and O–H groups in total. The fourth-order valence-electron chi connectivity index (χ4n) is 5.72. The van der Waals surface area contributed by atoms with Crippen LogP contribution in [0.25, 0.3) is 0 Å². The predicted molar refractivity (Wildman–Crippen MR) is 194 cm³/mol. The van der Waals surface area contributed by atoms with Crippen molar-refractivity contribution in [1.29, 1.82) is 0 Å². The zero-order valence-corrected chi connectivity index (χ0v) is 33.1. The summed E-state index contributed by atoms with van der Waals surface area (Å²) < 4.78 is 16.4. The molecule has 0 saturated heterocycles. The molecule has 3 aliphatic rings. The van der Waals surface area contributed by atoms with Gasteiger partial charge >= 0.3 is 17.9 Å². The Balaban J connectivity index is 0. The van der Waals surface area contributed by atoms with Gasteiger partial charge < -0.3 is 34.6 Å². The van der Waals surface area contributed by atoms with Crippen molar-refractivity contribution in [3.05, 3.63) is 0 Å². The zero-order valence-electron chi connectivity index (χ0n) is 31.5. The summed E-state index contributed by atoms with van der Waals surface area (Å²) in [4.78, 5) is 33.6. The summed E-state index contributed by atoms with van der Waals surface area (Å²) in [5.41, 5.74) is 0. The van der Waals surface area contributed by atoms with Gasteiger partial charge in [0.25, 0.3) is 0 Å². The minimum absolute atomic E-state index is 0.00416. The molecule has 3 saturated carbocycles. The quantitative estimate of drug-likeness (QED) is 0.121. The van der Waals surface area contributed by atoms with Gasteiger partial charge in [0.2, 0.25) is 0 Å². The number of aliphatic hydroxyl groups is 2. The monoisotopic (exact) mass is 754 g/mol. The maximum Gasteiger partial charge on any atom is 0.309 e. The first-order valence-corrected chi connectivity index (χ1v) is 19.1. The summed E-state index contributed by atoms with van der Waals surface area (Å²) in [7, 11) is 1.00. The number of halogens is 1. The van der Waals surface area contributed by atoms with E-state index < -0.39 is 11.9 Å². The number of hydrogen-bond acceptors (Lipinski definition) is 8. The molecule has 3 aliphatic carbocycles. The van der Waals surface area contributed by atoms with Crippen molar-refractivity contribution < 1.29 is 49.0 Å². The third-order valence-corrected chi connectivity index (χ3v) is 8.51. The number of esters is 1. The molecule has 0 aliphatic heterocycles. The Hall–Kier alpha value is -1.27. The number of alkyl halides is 1. The van der Waals surface area contributed by atoms with Gasteiger partial charge in [0.05, 0.1) is 36.1 Å². The smallest absolute Gasteiger partial charge is 0.309 e. The van der Waals surface area contributed by atoms with Crippen LogP contribution in [-0.4, -0.2) is 88.4 Å². The molecule has 3 fully saturated rings. The zero-order chi connectivity index (χ0) is 37.2. The molecule has 0 aromatic heterocycles. The Labute approximate surface area is 300 Å². The molecule has 0 heterocycles. The lowest BCUT2D eigenvalue weighted by atomic mass is 9.82. The second kappa shape index (κ2) is 29.5. The largest absolute Gasteiger partial charge is 0.481 e. The van der Waals surface area contributed by atoms with Crippen molar-refractivity contribution in [2.24, 2.45) is 35.5 Å². The van der Waals surface area contributed by atoms with Crippen LogP contribution in [-0.2, 0) is 28.6 Å². The van der Waals surface area contributed by atoms with Gasteiger partial charge in [0.1, 0.15) is 0 Å². The number of hydrogen-bond donors (Lipinski definition) is 4. The Kier molecular flexibility index (Phi) is 30.0. The number of aliphatic hydroxyl groups excluding tert-OH is 2. The lowest BCUT2D eigenvalue weighted by Gasteiger charge is -2.28. The number of rotatable bonds is 11. The predicted octanol–water partition coefficient (Wildman–Crippen LogP) is 7.74. The highest BCUT2D eigenvalue weighted by atomic mass is 79.9. The first-order valence-electron chi connectivity index (χ1n) is 18.1. The number of ether oxygens (including phenoxy) is 3. The van der Waals surface area contributed by atoms with Crippen molar-refractivity contribution in [2.75, 3.05) is 26.9 Å². The number of carboxylic acid groups (broad SMARTS) is 2. The third-order valence-electron chi connectivity index (χ3n) is 8.51. The first-order chi connectivity index (χ1) is 22.5. The van der Waals surface area contributed by atoms with Gasteiger partial charge in [-0.25, -0.2) is 0 Å². The topological polar surface area (TPSA) is 160 Å². The maximum absolute atomic E-state index is 11.7. The fourth-order valence-corrected chi connectivity index (χ4v) is 5.72. The van der Waals surface area contributed by atoms with Crippen LogP contribution in [0.15, 0.2) is 0 Å². The Morgan fingerprint density at radius 1 is 0.562 bits per heavy atom. The van der Waals surface area contributed by atoms with Crippen molar-refractivity contribution in [3.63, 3.8) is 0 Å². The van der Waals surface area contributed by atoms with E-state index in [1.807, 2.05) is 27.7 Å². The SMILES string of the molecule is CC(C)Br.CC(C)OCC1CCC(C(=O)O)CC1.CC(C)OCC1CCC(C(=O)OC(C)C)CC1.CO.O=C(O)C1CCC(CO)CC1. The Bertz CT molecular complexity index is 793. The molecule has 0 aromatic rings. The molecule has 0 radical (unpaired) electrons. The van der Waals surface area contributed by atoms with Crippen LogP contribution >= 0.6 is 15.9 Å². The van der Waals surface area contributed by atoms with Crippen LogP contribution in [0.2, 0.25) is 0 Å². The highest BCUT2D eigenvalue weighted by Gasteiger charge is 2.28. The van der Waals surface area contributed by atoms with Crippen LogP contribution in [0, 0.1) is 35.5 Å². The summed E-state index contributed by atoms with van der Waals surface area (Å²) in [6.45, 7) is 18.0. The molecular weight excluding hydrogens is 684 g/mol. The molecule has 0 atom stereocenters. The highest BCUT2D eigenvalue weighted by molar-refractivity contribution is 9.09. The van der Waals surface area contributed by atoms with E-state index in [-0.39, 0.29) is 42.5 Å². The second-order valence-corrected chi connectivity index (χ2v) is 16.1. The van der Waals surface area contributed by atoms with Gasteiger partial charge in [0, 0.05) is 31.8 Å². The summed E-state index contributed by atoms with van der Waals surface area (Å²) in [5, 5.41) is 33.2. The van der Waals surface area contributed by atoms with Crippen LogP contribution in [0.4, 0.5) is 0 Å². The van der Waals surface area contributed by atoms with Crippen LogP contribution in [0.3, 0.4) is 0 Å². The summed E-state index contributed by atoms with van der Waals surface area (Å²) in [6, 6.07) is 0. The highest BCUT2D eigenvalue weighted by Crippen LogP contribution is 2.31. The molecule has 0 amide bonds. The minimum Gasteiger partial charge on any atom is -0.481 e. The summed E-state index contributed by atoms with van der Waals surface area (Å²) in [6.07, 6.45) is 11.5. The molecule has 0 bridgehead atoms. The van der Waals surface area contributed by atoms with Crippen LogP contribution in [0.1, 0.15) is 132 Å². The van der Waals surface area contributed by atoms with E-state index in [4.69, 9.17) is 34.6 Å². The molecule has 286 valence electrons. The van der Waals surface area contributed by atoms with Crippen molar-refractivity contribution >= 4 is 33.8 Å². The molecule has 11 heteroatoms. The van der Waals surface area contributed by atoms with Crippen molar-refractivity contribution in [1.82, 2.24) is 0 Å². The maximum atomic E-state index is 11.7. The summed E-state index contributed by atoms with van der Waals surface area (Å²) >= 11 is 3.27. The molecule has 0 spiro atoms. The van der Waals surface area contributed by atoms with Gasteiger partial charge in [-0.3, -0.25) is 14.4 Å². The van der Waals surface area contributed by atoms with E-state index >= 15 is 0 Å². The van der Waals surface area contributed by atoms with E-state index in [1.165, 1.54) is 0 Å². The third kappa shape index (κ3) is 26.6. The lowest BCUT2D eigenvalue weighted by Crippen LogP contribution is -2.27. The Morgan fingerprint density at radius 3 is 1.10 bits per heavy atom. The fraction of sp³-hybridized carbons (Fsp3) is 0.919. The molecule has 3 rings (SSSR count). The first kappa shape index (κ1) is 48.8. The van der Waals surface area contributed by atoms with E-state index in [0.717, 1.165) is 97.4 Å². The molecule has 48 heavy (non-hydrogen) atoms. The van der Waals surface area contributed by atoms with Gasteiger partial charge in [-0.1, -0.05) is 29.8 Å². The van der Waals surface area contributed by atoms with Crippen molar-refractivity contribution in [2.45, 2.75) is 156 Å². The molecular formula is C37H71BrO10. The number of carbonyl (C=O) groups is 3. The average molecular weight is 756 g/mol. The van der Waals surface area contributed by atoms with Gasteiger partial charge in [0.15, 0.2) is 0 Å². The number of carbonyl (C=O) groups excluding carboxylic acids is 1. The Morgan fingerprint density at radius 2 is 0.854 bits per heavy atom. The summed E-state index contributed by atoms with van der Waals surface area (Å²) in [5.74, 6) is 0.0905. The van der Waals surface area contributed by atoms with E-state index in [2.05, 4.69) is 43.6 Å². The van der Waals surface area contributed by atoms with Crippen molar-refractivity contribution in [3.8, 4) is 0 Å². The normalized spacial score (nSPS) is 25.2. The average Bonchev–Trinajstić information content (AvgIpc) is 3.04. The van der Waals surface area contributed by atoms with Gasteiger partial charge in [-0.15, -0.1) is 0 Å². The number of carboxylic acids is 2. The van der Waals surface area contributed by atoms with Gasteiger partial charge in [-0.2, -0.15) is 0 Å². The van der Waals surface area contributed by atoms with E-state index in [9.17, 15) is 14.4 Å². The number of aliphatic carboxylic acids is 2. The van der Waals surface area contributed by atoms with Gasteiger partial charge in [-0.05, 0) is 136 Å². The second-order valence-electron chi connectivity index (χ2n) is 14.3. The molecule has 0 unspecified atom stereocenters. The standard InChI is InChI=1S/C14H26O3.C11H20O3.C8H14O3.C3H7Br.CH4O/c1-10(2)16-9-12-5-7-13(8-6-12)14(15)17-11(3)4;1-8(2)14-7-9-3-5-10(6-4-9)11(12)13;9-5-6-1-3-7(4-2-6)8(10)11;1-3(2)4;1-2/h10-13H,5-9H2,1-4H3;8-10H,3-7H2,1-2H3,(H,12,13);6-7,9H,1-5H2,(H,10,11);3H,1-2H3;2H,1H3. The molecule has 10 nitrogen and oxygen atoms in total. The lowest BCUT2D eigenvalue weighted by molar-refractivity contribution is -0.154. The minimum atomic E-state index is -0.679. The van der Waals surface area contributed by atoms with Crippen LogP contribution < -0.4 is 0 Å². The molecule has 0 aromatic carbocycles.